The van der Waals surface area contributed by atoms with Crippen molar-refractivity contribution in [2.75, 3.05) is 5.75 Å². The summed E-state index contributed by atoms with van der Waals surface area (Å²) in [6.45, 7) is 5.41. The van der Waals surface area contributed by atoms with E-state index in [1.54, 1.807) is 32.9 Å². The molecule has 4 heteroatoms. The number of benzene rings is 1. The minimum atomic E-state index is -0.671. The zero-order valence-electron chi connectivity index (χ0n) is 11.2. The lowest BCUT2D eigenvalue weighted by molar-refractivity contribution is 0.0206. The number of carbonyl (C=O) groups is 1. The van der Waals surface area contributed by atoms with Crippen LogP contribution in [-0.4, -0.2) is 17.5 Å². The first kappa shape index (κ1) is 14.9. The summed E-state index contributed by atoms with van der Waals surface area (Å²) in [6, 6.07) is 7.49. The maximum atomic E-state index is 11.4. The summed E-state index contributed by atoms with van der Waals surface area (Å²) in [7, 11) is 0. The molecule has 1 rings (SSSR count). The van der Waals surface area contributed by atoms with Crippen molar-refractivity contribution in [3.8, 4) is 5.75 Å². The van der Waals surface area contributed by atoms with Gasteiger partial charge in [-0.3, -0.25) is 0 Å². The predicted octanol–water partition coefficient (Wildman–Crippen LogP) is 2.94. The molecule has 1 aromatic rings. The zero-order chi connectivity index (χ0) is 13.6. The van der Waals surface area contributed by atoms with E-state index in [1.807, 2.05) is 12.1 Å². The van der Waals surface area contributed by atoms with Gasteiger partial charge in [-0.1, -0.05) is 12.1 Å². The Labute approximate surface area is 114 Å². The molecule has 0 amide bonds. The maximum Gasteiger partial charge on any atom is 0.514 e. The summed E-state index contributed by atoms with van der Waals surface area (Å²) < 4.78 is 10.1. The van der Waals surface area contributed by atoms with Gasteiger partial charge < -0.3 is 9.47 Å². The summed E-state index contributed by atoms with van der Waals surface area (Å²) in [6.07, 6.45) is 1.43. The van der Waals surface area contributed by atoms with Crippen molar-refractivity contribution < 1.29 is 14.3 Å². The first-order valence-corrected chi connectivity index (χ1v) is 6.76. The van der Waals surface area contributed by atoms with Gasteiger partial charge >= 0.3 is 6.16 Å². The van der Waals surface area contributed by atoms with E-state index in [2.05, 4.69) is 12.6 Å². The van der Waals surface area contributed by atoms with Crippen LogP contribution in [0.25, 0.3) is 0 Å². The van der Waals surface area contributed by atoms with Crippen molar-refractivity contribution in [1.82, 2.24) is 0 Å². The van der Waals surface area contributed by atoms with Crippen LogP contribution in [0.3, 0.4) is 0 Å². The number of hydrogen-bond donors (Lipinski definition) is 0. The molecule has 0 unspecified atom stereocenters. The summed E-state index contributed by atoms with van der Waals surface area (Å²) in [5.74, 6) is 1.49. The fourth-order valence-corrected chi connectivity index (χ4v) is 1.56. The average molecular weight is 269 g/mol. The highest BCUT2D eigenvalue weighted by atomic mass is 32.1. The van der Waals surface area contributed by atoms with E-state index in [-0.39, 0.29) is 0 Å². The number of carbonyl (C=O) groups excluding carboxylic acids is 1. The predicted molar refractivity (Wildman–Crippen MR) is 76.6 cm³/mol. The Hall–Kier alpha value is -1.16. The molecule has 0 saturated carbocycles. The van der Waals surface area contributed by atoms with Gasteiger partial charge in [0.1, 0.15) is 17.1 Å². The quantitative estimate of drug-likeness (QED) is 0.479. The Morgan fingerprint density at radius 2 is 1.83 bits per heavy atom. The summed E-state index contributed by atoms with van der Waals surface area (Å²) in [5.41, 5.74) is 0.692. The Balaban J connectivity index is 2.50. The van der Waals surface area contributed by atoms with Gasteiger partial charge in [0.15, 0.2) is 0 Å². The van der Waals surface area contributed by atoms with Gasteiger partial charge in [0.2, 0.25) is 0 Å². The maximum absolute atomic E-state index is 11.4. The van der Waals surface area contributed by atoms with Crippen molar-refractivity contribution in [3.63, 3.8) is 0 Å². The van der Waals surface area contributed by atoms with Crippen LogP contribution >= 0.6 is 0 Å². The van der Waals surface area contributed by atoms with E-state index in [4.69, 9.17) is 9.47 Å². The minimum absolute atomic E-state index is 0.506. The van der Waals surface area contributed by atoms with Gasteiger partial charge in [-0.2, -0.15) is 0 Å². The van der Waals surface area contributed by atoms with Gasteiger partial charge in [0, 0.05) is 0 Å². The molecule has 3 nitrogen and oxygen atoms in total. The molecule has 0 atom stereocenters. The third kappa shape index (κ3) is 5.96. The summed E-state index contributed by atoms with van der Waals surface area (Å²) >= 11 is 3.44. The van der Waals surface area contributed by atoms with E-state index >= 15 is 0 Å². The first-order valence-electron chi connectivity index (χ1n) is 6.05. The second-order valence-electron chi connectivity index (χ2n) is 5.06. The van der Waals surface area contributed by atoms with Crippen LogP contribution in [-0.2, 0) is 23.8 Å². The van der Waals surface area contributed by atoms with E-state index in [9.17, 15) is 4.79 Å². The monoisotopic (exact) mass is 269 g/mol. The molecule has 0 bridgehead atoms. The zero-order valence-corrected chi connectivity index (χ0v) is 12.2. The van der Waals surface area contributed by atoms with Gasteiger partial charge in [0.25, 0.3) is 0 Å². The van der Waals surface area contributed by atoms with Crippen molar-refractivity contribution in [2.24, 2.45) is 0 Å². The summed E-state index contributed by atoms with van der Waals surface area (Å²) in [5, 5.41) is 0. The van der Waals surface area contributed by atoms with Crippen LogP contribution in [0.5, 0.6) is 5.75 Å². The van der Waals surface area contributed by atoms with Crippen LogP contribution in [0.1, 0.15) is 32.8 Å². The van der Waals surface area contributed by atoms with E-state index < -0.39 is 11.8 Å². The minimum Gasteiger partial charge on any atom is -0.428 e. The van der Waals surface area contributed by atoms with Gasteiger partial charge in [-0.25, -0.2) is 4.79 Å². The highest BCUT2D eigenvalue weighted by molar-refractivity contribution is 7.58. The highest BCUT2D eigenvalue weighted by Gasteiger charge is 2.17. The number of ether oxygens (including phenoxy) is 2. The second-order valence-corrected chi connectivity index (χ2v) is 5.56. The fraction of sp³-hybridized carbons (Fsp3) is 0.500. The van der Waals surface area contributed by atoms with Gasteiger partial charge in [-0.05, 0) is 63.9 Å². The topological polar surface area (TPSA) is 35.5 Å². The molecule has 0 heterocycles. The highest BCUT2D eigenvalue weighted by Crippen LogP contribution is 2.16. The molecular weight excluding hydrogens is 248 g/mol. The molecule has 0 aliphatic rings. The van der Waals surface area contributed by atoms with E-state index in [0.29, 0.717) is 5.75 Å². The van der Waals surface area contributed by atoms with Crippen LogP contribution in [0.2, 0.25) is 0 Å². The molecule has 0 N–H and O–H groups in total. The second kappa shape index (κ2) is 6.69. The summed E-state index contributed by atoms with van der Waals surface area (Å²) in [4.78, 5) is 11.4. The molecule has 100 valence electrons. The lowest BCUT2D eigenvalue weighted by atomic mass is 10.1. The molecule has 18 heavy (non-hydrogen) atoms. The first-order chi connectivity index (χ1) is 8.40. The normalized spacial score (nSPS) is 11.1. The van der Waals surface area contributed by atoms with Crippen LogP contribution in [0, 0.1) is 0 Å². The standard InChI is InChI=1S/C14H20O3S/c1-14(2,3)17-13(15)16-12-8-6-11(7-9-12)5-4-10-18/h6-9,18H,4-5,10H2,1-3H3/p+1. The molecule has 0 aliphatic carbocycles. The largest absolute Gasteiger partial charge is 0.514 e. The Morgan fingerprint density at radius 3 is 2.33 bits per heavy atom. The third-order valence-electron chi connectivity index (χ3n) is 2.16. The molecule has 0 radical (unpaired) electrons. The van der Waals surface area contributed by atoms with Crippen molar-refractivity contribution in [2.45, 2.75) is 39.2 Å². The van der Waals surface area contributed by atoms with Crippen LogP contribution in [0.15, 0.2) is 24.3 Å². The van der Waals surface area contributed by atoms with Crippen molar-refractivity contribution in [1.29, 1.82) is 0 Å². The Bertz CT molecular complexity index is 379. The SMILES string of the molecule is CC(C)(C)OC(=O)Oc1ccc(CCC[SH2+])cc1. The van der Waals surface area contributed by atoms with Crippen LogP contribution in [0.4, 0.5) is 4.79 Å². The van der Waals surface area contributed by atoms with E-state index in [0.717, 1.165) is 18.6 Å². The van der Waals surface area contributed by atoms with Crippen molar-refractivity contribution in [3.05, 3.63) is 29.8 Å². The molecule has 0 saturated heterocycles. The number of hydrogen-bond acceptors (Lipinski definition) is 3. The Kier molecular flexibility index (Phi) is 5.54. The van der Waals surface area contributed by atoms with Gasteiger partial charge in [0.05, 0.1) is 0 Å². The lowest BCUT2D eigenvalue weighted by Crippen LogP contribution is -2.25. The molecule has 0 aromatic heterocycles. The molecule has 1 aromatic carbocycles. The fourth-order valence-electron chi connectivity index (χ4n) is 1.38. The number of aryl methyl sites for hydroxylation is 1. The molecule has 0 aliphatic heterocycles. The lowest BCUT2D eigenvalue weighted by Gasteiger charge is -2.18. The van der Waals surface area contributed by atoms with Gasteiger partial charge in [-0.15, -0.1) is 0 Å². The van der Waals surface area contributed by atoms with Crippen LogP contribution < -0.4 is 4.74 Å². The number of rotatable bonds is 4. The third-order valence-corrected chi connectivity index (χ3v) is 2.51. The van der Waals surface area contributed by atoms with E-state index in [1.165, 1.54) is 5.56 Å². The Morgan fingerprint density at radius 1 is 1.22 bits per heavy atom. The molecular formula is C14H21O3S+. The molecule has 0 spiro atoms. The average Bonchev–Trinajstić information content (AvgIpc) is 2.25. The van der Waals surface area contributed by atoms with Crippen molar-refractivity contribution >= 4 is 18.8 Å². The smallest absolute Gasteiger partial charge is 0.428 e. The molecule has 0 fully saturated rings.